The summed E-state index contributed by atoms with van der Waals surface area (Å²) >= 11 is 0. The SMILES string of the molecule is CCCNC1COCC1C(=O)N1CC(O)(CCC)C1. The number of nitrogens with one attached hydrogen (secondary N) is 1. The van der Waals surface area contributed by atoms with Crippen molar-refractivity contribution in [2.45, 2.75) is 44.8 Å². The lowest BCUT2D eigenvalue weighted by molar-refractivity contribution is -0.161. The molecule has 110 valence electrons. The van der Waals surface area contributed by atoms with Crippen molar-refractivity contribution in [2.75, 3.05) is 32.8 Å². The monoisotopic (exact) mass is 270 g/mol. The van der Waals surface area contributed by atoms with E-state index in [1.54, 1.807) is 4.90 Å². The lowest BCUT2D eigenvalue weighted by Gasteiger charge is -2.47. The molecule has 2 atom stereocenters. The fourth-order valence-corrected chi connectivity index (χ4v) is 3.01. The number of ether oxygens (including phenoxy) is 1. The molecule has 0 bridgehead atoms. The second-order valence-electron chi connectivity index (χ2n) is 5.87. The van der Waals surface area contributed by atoms with E-state index < -0.39 is 5.60 Å². The van der Waals surface area contributed by atoms with Crippen LogP contribution in [-0.4, -0.2) is 60.4 Å². The molecule has 2 aliphatic rings. The van der Waals surface area contributed by atoms with Crippen molar-refractivity contribution in [3.8, 4) is 0 Å². The lowest BCUT2D eigenvalue weighted by Crippen LogP contribution is -2.65. The maximum absolute atomic E-state index is 12.4. The average molecular weight is 270 g/mol. The number of amides is 1. The van der Waals surface area contributed by atoms with Gasteiger partial charge in [0, 0.05) is 6.04 Å². The van der Waals surface area contributed by atoms with Crippen LogP contribution in [-0.2, 0) is 9.53 Å². The van der Waals surface area contributed by atoms with Gasteiger partial charge < -0.3 is 20.1 Å². The second-order valence-corrected chi connectivity index (χ2v) is 5.87. The largest absolute Gasteiger partial charge is 0.386 e. The first-order valence-electron chi connectivity index (χ1n) is 7.42. The van der Waals surface area contributed by atoms with E-state index in [0.29, 0.717) is 26.3 Å². The summed E-state index contributed by atoms with van der Waals surface area (Å²) in [4.78, 5) is 14.2. The molecule has 5 heteroatoms. The van der Waals surface area contributed by atoms with Gasteiger partial charge in [-0.2, -0.15) is 0 Å². The van der Waals surface area contributed by atoms with Crippen LogP contribution in [0.15, 0.2) is 0 Å². The molecule has 2 heterocycles. The van der Waals surface area contributed by atoms with Crippen molar-refractivity contribution >= 4 is 5.91 Å². The summed E-state index contributed by atoms with van der Waals surface area (Å²) in [7, 11) is 0. The Morgan fingerprint density at radius 1 is 1.37 bits per heavy atom. The fraction of sp³-hybridized carbons (Fsp3) is 0.929. The van der Waals surface area contributed by atoms with Crippen LogP contribution in [0.3, 0.4) is 0 Å². The number of hydrogen-bond donors (Lipinski definition) is 2. The predicted octanol–water partition coefficient (Wildman–Crippen LogP) is 0.374. The standard InChI is InChI=1S/C14H26N2O3/c1-3-5-14(18)9-16(10-14)13(17)11-7-19-8-12(11)15-6-4-2/h11-12,15,18H,3-10H2,1-2H3. The van der Waals surface area contributed by atoms with E-state index in [-0.39, 0.29) is 17.9 Å². The summed E-state index contributed by atoms with van der Waals surface area (Å²) in [6.07, 6.45) is 2.78. The number of rotatable bonds is 6. The third-order valence-electron chi connectivity index (χ3n) is 4.05. The average Bonchev–Trinajstić information content (AvgIpc) is 2.81. The van der Waals surface area contributed by atoms with Gasteiger partial charge in [-0.25, -0.2) is 0 Å². The number of hydrogen-bond acceptors (Lipinski definition) is 4. The zero-order valence-corrected chi connectivity index (χ0v) is 12.0. The Labute approximate surface area is 115 Å². The Hall–Kier alpha value is -0.650. The van der Waals surface area contributed by atoms with Gasteiger partial charge in [0.25, 0.3) is 0 Å². The number of carbonyl (C=O) groups excluding carboxylic acids is 1. The van der Waals surface area contributed by atoms with Gasteiger partial charge in [0.1, 0.15) is 0 Å². The van der Waals surface area contributed by atoms with E-state index in [0.717, 1.165) is 25.8 Å². The highest BCUT2D eigenvalue weighted by molar-refractivity contribution is 5.81. The Kier molecular flexibility index (Phi) is 4.81. The van der Waals surface area contributed by atoms with E-state index in [1.807, 2.05) is 0 Å². The molecule has 2 N–H and O–H groups in total. The van der Waals surface area contributed by atoms with Crippen LogP contribution in [0.4, 0.5) is 0 Å². The molecule has 0 aromatic carbocycles. The van der Waals surface area contributed by atoms with Gasteiger partial charge in [-0.1, -0.05) is 20.3 Å². The molecule has 2 saturated heterocycles. The number of carbonyl (C=O) groups is 1. The molecular weight excluding hydrogens is 244 g/mol. The van der Waals surface area contributed by atoms with E-state index >= 15 is 0 Å². The number of β-amino-alcohol motifs (C(OH)–C–C–N with tert-alkyl or cyclic N) is 1. The van der Waals surface area contributed by atoms with Crippen LogP contribution in [0.1, 0.15) is 33.1 Å². The highest BCUT2D eigenvalue weighted by Crippen LogP contribution is 2.29. The fourth-order valence-electron chi connectivity index (χ4n) is 3.01. The highest BCUT2D eigenvalue weighted by atomic mass is 16.5. The second kappa shape index (κ2) is 6.20. The van der Waals surface area contributed by atoms with Gasteiger partial charge in [-0.05, 0) is 19.4 Å². The molecule has 5 nitrogen and oxygen atoms in total. The summed E-state index contributed by atoms with van der Waals surface area (Å²) in [5.74, 6) is 0.0459. The van der Waals surface area contributed by atoms with Gasteiger partial charge in [-0.15, -0.1) is 0 Å². The van der Waals surface area contributed by atoms with Crippen LogP contribution < -0.4 is 5.32 Å². The van der Waals surface area contributed by atoms with Crippen molar-refractivity contribution in [3.05, 3.63) is 0 Å². The molecule has 2 unspecified atom stereocenters. The first-order chi connectivity index (χ1) is 9.09. The maximum Gasteiger partial charge on any atom is 0.229 e. The van der Waals surface area contributed by atoms with Crippen molar-refractivity contribution in [1.29, 1.82) is 0 Å². The maximum atomic E-state index is 12.4. The summed E-state index contributed by atoms with van der Waals surface area (Å²) in [5, 5.41) is 13.5. The lowest BCUT2D eigenvalue weighted by atomic mass is 9.87. The number of nitrogens with zero attached hydrogens (tertiary/aromatic N) is 1. The van der Waals surface area contributed by atoms with Crippen LogP contribution >= 0.6 is 0 Å². The molecule has 1 amide bonds. The topological polar surface area (TPSA) is 61.8 Å². The minimum Gasteiger partial charge on any atom is -0.386 e. The minimum absolute atomic E-state index is 0.0854. The van der Waals surface area contributed by atoms with Crippen LogP contribution in [0.2, 0.25) is 0 Å². The summed E-state index contributed by atoms with van der Waals surface area (Å²) in [6, 6.07) is 0.132. The molecule has 0 aromatic rings. The normalized spacial score (nSPS) is 29.3. The quantitative estimate of drug-likeness (QED) is 0.732. The van der Waals surface area contributed by atoms with Crippen molar-refractivity contribution in [3.63, 3.8) is 0 Å². The molecule has 2 fully saturated rings. The third-order valence-corrected chi connectivity index (χ3v) is 4.05. The van der Waals surface area contributed by atoms with Crippen molar-refractivity contribution < 1.29 is 14.6 Å². The summed E-state index contributed by atoms with van der Waals surface area (Å²) in [5.41, 5.74) is -0.643. The summed E-state index contributed by atoms with van der Waals surface area (Å²) in [6.45, 7) is 7.16. The van der Waals surface area contributed by atoms with E-state index in [2.05, 4.69) is 19.2 Å². The molecular formula is C14H26N2O3. The number of aliphatic hydroxyl groups is 1. The summed E-state index contributed by atoms with van der Waals surface area (Å²) < 4.78 is 5.43. The van der Waals surface area contributed by atoms with Crippen LogP contribution in [0, 0.1) is 5.92 Å². The first kappa shape index (κ1) is 14.8. The predicted molar refractivity (Wildman–Crippen MR) is 72.8 cm³/mol. The van der Waals surface area contributed by atoms with Crippen LogP contribution in [0.25, 0.3) is 0 Å². The Morgan fingerprint density at radius 3 is 2.74 bits per heavy atom. The third kappa shape index (κ3) is 3.27. The minimum atomic E-state index is -0.643. The van der Waals surface area contributed by atoms with Gasteiger partial charge in [-0.3, -0.25) is 4.79 Å². The van der Waals surface area contributed by atoms with Gasteiger partial charge >= 0.3 is 0 Å². The molecule has 0 saturated carbocycles. The molecule has 0 aromatic heterocycles. The molecule has 19 heavy (non-hydrogen) atoms. The van der Waals surface area contributed by atoms with Gasteiger partial charge in [0.2, 0.25) is 5.91 Å². The number of likely N-dealkylation sites (tertiary alicyclic amines) is 1. The Balaban J connectivity index is 1.83. The highest BCUT2D eigenvalue weighted by Gasteiger charge is 2.46. The smallest absolute Gasteiger partial charge is 0.229 e. The Morgan fingerprint density at radius 2 is 2.11 bits per heavy atom. The van der Waals surface area contributed by atoms with Crippen molar-refractivity contribution in [2.24, 2.45) is 5.92 Å². The van der Waals surface area contributed by atoms with E-state index in [9.17, 15) is 9.90 Å². The zero-order valence-electron chi connectivity index (χ0n) is 12.0. The molecule has 2 aliphatic heterocycles. The zero-order chi connectivity index (χ0) is 13.9. The van der Waals surface area contributed by atoms with Crippen LogP contribution in [0.5, 0.6) is 0 Å². The molecule has 0 radical (unpaired) electrons. The molecule has 2 rings (SSSR count). The van der Waals surface area contributed by atoms with Gasteiger partial charge in [0.15, 0.2) is 0 Å². The first-order valence-corrected chi connectivity index (χ1v) is 7.42. The molecule has 0 spiro atoms. The molecule has 0 aliphatic carbocycles. The van der Waals surface area contributed by atoms with E-state index in [1.165, 1.54) is 0 Å². The Bertz CT molecular complexity index is 316. The van der Waals surface area contributed by atoms with Crippen molar-refractivity contribution in [1.82, 2.24) is 10.2 Å². The van der Waals surface area contributed by atoms with Gasteiger partial charge in [0.05, 0.1) is 37.8 Å². The van der Waals surface area contributed by atoms with E-state index in [4.69, 9.17) is 4.74 Å².